The first-order chi connectivity index (χ1) is 9.13. The zero-order chi connectivity index (χ0) is 13.7. The van der Waals surface area contributed by atoms with Crippen LogP contribution in [0.2, 0.25) is 5.02 Å². The van der Waals surface area contributed by atoms with Gasteiger partial charge >= 0.3 is 0 Å². The number of hydrogen-bond donors (Lipinski definition) is 2. The third-order valence-corrected chi connectivity index (χ3v) is 3.90. The van der Waals surface area contributed by atoms with Crippen LogP contribution in [0.4, 0.5) is 5.69 Å². The normalized spacial score (nSPS) is 22.4. The SMILES string of the molecule is CC1CCC(CNCC(=O)Nc2ccc(Cl)cc2)C1. The van der Waals surface area contributed by atoms with Gasteiger partial charge in [0, 0.05) is 10.7 Å². The third kappa shape index (κ3) is 4.84. The molecule has 4 heteroatoms. The second-order valence-corrected chi connectivity index (χ2v) is 5.91. The minimum absolute atomic E-state index is 0.00614. The van der Waals surface area contributed by atoms with Crippen molar-refractivity contribution in [1.29, 1.82) is 0 Å². The third-order valence-electron chi connectivity index (χ3n) is 3.65. The lowest BCUT2D eigenvalue weighted by molar-refractivity contribution is -0.115. The van der Waals surface area contributed by atoms with Crippen molar-refractivity contribution in [3.8, 4) is 0 Å². The number of amides is 1. The van der Waals surface area contributed by atoms with Gasteiger partial charge in [-0.2, -0.15) is 0 Å². The molecular weight excluding hydrogens is 260 g/mol. The Kier molecular flexibility index (Phi) is 5.23. The first kappa shape index (κ1) is 14.4. The summed E-state index contributed by atoms with van der Waals surface area (Å²) in [4.78, 5) is 11.7. The van der Waals surface area contributed by atoms with E-state index in [0.29, 0.717) is 11.6 Å². The molecule has 1 aliphatic carbocycles. The molecule has 0 bridgehead atoms. The highest BCUT2D eigenvalue weighted by molar-refractivity contribution is 6.30. The fourth-order valence-corrected chi connectivity index (χ4v) is 2.76. The van der Waals surface area contributed by atoms with Gasteiger partial charge in [0.25, 0.3) is 0 Å². The molecule has 0 radical (unpaired) electrons. The molecule has 0 aliphatic heterocycles. The Bertz CT molecular complexity index is 419. The molecule has 1 aromatic carbocycles. The van der Waals surface area contributed by atoms with Gasteiger partial charge in [-0.05, 0) is 55.5 Å². The van der Waals surface area contributed by atoms with Gasteiger partial charge in [0.15, 0.2) is 0 Å². The summed E-state index contributed by atoms with van der Waals surface area (Å²) in [5, 5.41) is 6.76. The average Bonchev–Trinajstić information content (AvgIpc) is 2.78. The van der Waals surface area contributed by atoms with Crippen LogP contribution in [0.15, 0.2) is 24.3 Å². The number of carbonyl (C=O) groups excluding carboxylic acids is 1. The van der Waals surface area contributed by atoms with E-state index in [9.17, 15) is 4.79 Å². The van der Waals surface area contributed by atoms with Crippen molar-refractivity contribution in [2.24, 2.45) is 11.8 Å². The summed E-state index contributed by atoms with van der Waals surface area (Å²) in [7, 11) is 0. The molecule has 0 aromatic heterocycles. The Balaban J connectivity index is 1.66. The summed E-state index contributed by atoms with van der Waals surface area (Å²) < 4.78 is 0. The zero-order valence-electron chi connectivity index (χ0n) is 11.3. The van der Waals surface area contributed by atoms with E-state index in [1.54, 1.807) is 24.3 Å². The molecule has 2 rings (SSSR count). The molecule has 2 N–H and O–H groups in total. The second-order valence-electron chi connectivity index (χ2n) is 5.47. The fraction of sp³-hybridized carbons (Fsp3) is 0.533. The van der Waals surface area contributed by atoms with E-state index in [4.69, 9.17) is 11.6 Å². The summed E-state index contributed by atoms with van der Waals surface area (Å²) in [6.45, 7) is 3.61. The van der Waals surface area contributed by atoms with Crippen LogP contribution in [0.1, 0.15) is 26.2 Å². The van der Waals surface area contributed by atoms with Crippen molar-refractivity contribution in [1.82, 2.24) is 5.32 Å². The second kappa shape index (κ2) is 6.92. The van der Waals surface area contributed by atoms with E-state index in [2.05, 4.69) is 17.6 Å². The maximum absolute atomic E-state index is 11.7. The van der Waals surface area contributed by atoms with Gasteiger partial charge in [0.05, 0.1) is 6.54 Å². The fourth-order valence-electron chi connectivity index (χ4n) is 2.64. The number of carbonyl (C=O) groups is 1. The number of halogens is 1. The molecule has 0 saturated heterocycles. The molecule has 2 unspecified atom stereocenters. The van der Waals surface area contributed by atoms with Crippen molar-refractivity contribution in [3.63, 3.8) is 0 Å². The van der Waals surface area contributed by atoms with Gasteiger partial charge in [-0.3, -0.25) is 4.79 Å². The van der Waals surface area contributed by atoms with Crippen LogP contribution in [0, 0.1) is 11.8 Å². The van der Waals surface area contributed by atoms with E-state index >= 15 is 0 Å². The van der Waals surface area contributed by atoms with Gasteiger partial charge in [0.2, 0.25) is 5.91 Å². The first-order valence-electron chi connectivity index (χ1n) is 6.89. The zero-order valence-corrected chi connectivity index (χ0v) is 12.0. The van der Waals surface area contributed by atoms with E-state index in [0.717, 1.165) is 24.1 Å². The molecule has 0 heterocycles. The molecule has 1 fully saturated rings. The number of rotatable bonds is 5. The van der Waals surface area contributed by atoms with E-state index in [1.165, 1.54) is 19.3 Å². The van der Waals surface area contributed by atoms with Crippen LogP contribution in [-0.2, 0) is 4.79 Å². The minimum Gasteiger partial charge on any atom is -0.325 e. The lowest BCUT2D eigenvalue weighted by Gasteiger charge is -2.11. The standard InChI is InChI=1S/C15H21ClN2O/c1-11-2-3-12(8-11)9-17-10-15(19)18-14-6-4-13(16)5-7-14/h4-7,11-12,17H,2-3,8-10H2,1H3,(H,18,19). The van der Waals surface area contributed by atoms with Crippen LogP contribution < -0.4 is 10.6 Å². The maximum atomic E-state index is 11.7. The summed E-state index contributed by atoms with van der Waals surface area (Å²) in [6, 6.07) is 7.15. The van der Waals surface area contributed by atoms with Gasteiger partial charge < -0.3 is 10.6 Å². The largest absolute Gasteiger partial charge is 0.325 e. The lowest BCUT2D eigenvalue weighted by Crippen LogP contribution is -2.31. The number of anilines is 1. The Morgan fingerprint density at radius 3 is 2.68 bits per heavy atom. The predicted molar refractivity (Wildman–Crippen MR) is 79.5 cm³/mol. The molecule has 0 spiro atoms. The first-order valence-corrected chi connectivity index (χ1v) is 7.27. The van der Waals surface area contributed by atoms with Crippen molar-refractivity contribution >= 4 is 23.2 Å². The van der Waals surface area contributed by atoms with Crippen LogP contribution in [0.5, 0.6) is 0 Å². The summed E-state index contributed by atoms with van der Waals surface area (Å²) in [5.74, 6) is 1.57. The number of nitrogens with one attached hydrogen (secondary N) is 2. The number of benzene rings is 1. The van der Waals surface area contributed by atoms with Gasteiger partial charge in [-0.15, -0.1) is 0 Å². The summed E-state index contributed by atoms with van der Waals surface area (Å²) >= 11 is 5.79. The van der Waals surface area contributed by atoms with E-state index < -0.39 is 0 Å². The van der Waals surface area contributed by atoms with Crippen LogP contribution in [0.3, 0.4) is 0 Å². The molecule has 3 nitrogen and oxygen atoms in total. The Morgan fingerprint density at radius 1 is 1.32 bits per heavy atom. The van der Waals surface area contributed by atoms with E-state index in [-0.39, 0.29) is 5.91 Å². The molecule has 104 valence electrons. The molecule has 1 amide bonds. The Morgan fingerprint density at radius 2 is 2.05 bits per heavy atom. The molecule has 19 heavy (non-hydrogen) atoms. The highest BCUT2D eigenvalue weighted by Crippen LogP contribution is 2.29. The van der Waals surface area contributed by atoms with E-state index in [1.807, 2.05) is 0 Å². The quantitative estimate of drug-likeness (QED) is 0.869. The van der Waals surface area contributed by atoms with Crippen LogP contribution in [-0.4, -0.2) is 19.0 Å². The topological polar surface area (TPSA) is 41.1 Å². The highest BCUT2D eigenvalue weighted by Gasteiger charge is 2.20. The highest BCUT2D eigenvalue weighted by atomic mass is 35.5. The van der Waals surface area contributed by atoms with Gasteiger partial charge in [-0.25, -0.2) is 0 Å². The molecule has 2 atom stereocenters. The van der Waals surface area contributed by atoms with Crippen molar-refractivity contribution in [3.05, 3.63) is 29.3 Å². The van der Waals surface area contributed by atoms with Gasteiger partial charge in [0.1, 0.15) is 0 Å². The van der Waals surface area contributed by atoms with Crippen LogP contribution in [0.25, 0.3) is 0 Å². The van der Waals surface area contributed by atoms with Crippen LogP contribution >= 0.6 is 11.6 Å². The van der Waals surface area contributed by atoms with Gasteiger partial charge in [-0.1, -0.05) is 24.9 Å². The average molecular weight is 281 g/mol. The molecular formula is C15H21ClN2O. The summed E-state index contributed by atoms with van der Waals surface area (Å²) in [5.41, 5.74) is 0.783. The molecule has 1 aromatic rings. The molecule has 1 aliphatic rings. The molecule has 1 saturated carbocycles. The Labute approximate surface area is 119 Å². The monoisotopic (exact) mass is 280 g/mol. The minimum atomic E-state index is -0.00614. The smallest absolute Gasteiger partial charge is 0.238 e. The number of hydrogen-bond acceptors (Lipinski definition) is 2. The summed E-state index contributed by atoms with van der Waals surface area (Å²) in [6.07, 6.45) is 3.89. The Hall–Kier alpha value is -1.06. The van der Waals surface area contributed by atoms with Crippen molar-refractivity contribution in [2.45, 2.75) is 26.2 Å². The van der Waals surface area contributed by atoms with Crippen molar-refractivity contribution < 1.29 is 4.79 Å². The lowest BCUT2D eigenvalue weighted by atomic mass is 10.1. The predicted octanol–water partition coefficient (Wildman–Crippen LogP) is 3.30. The maximum Gasteiger partial charge on any atom is 0.238 e. The van der Waals surface area contributed by atoms with Crippen molar-refractivity contribution in [2.75, 3.05) is 18.4 Å².